The van der Waals surface area contributed by atoms with Crippen LogP contribution in [0.3, 0.4) is 0 Å². The summed E-state index contributed by atoms with van der Waals surface area (Å²) in [5.41, 5.74) is 1.18. The number of carbonyl (C=O) groups is 3. The zero-order chi connectivity index (χ0) is 34.8. The van der Waals surface area contributed by atoms with Crippen LogP contribution in [-0.2, 0) is 22.6 Å². The molecule has 9 heteroatoms. The van der Waals surface area contributed by atoms with Gasteiger partial charge in [-0.05, 0) is 88.6 Å². The molecule has 260 valence electrons. The Balaban J connectivity index is 1.64. The molecule has 2 N–H and O–H groups in total. The largest absolute Gasteiger partial charge is 0.351 e. The van der Waals surface area contributed by atoms with E-state index in [0.29, 0.717) is 42.0 Å². The summed E-state index contributed by atoms with van der Waals surface area (Å²) in [5, 5.41) is 7.36. The second kappa shape index (κ2) is 17.1. The molecule has 1 aliphatic rings. The molecule has 1 aliphatic carbocycles. The highest BCUT2D eigenvalue weighted by atomic mass is 35.5. The number of benzene rings is 2. The highest BCUT2D eigenvalue weighted by Crippen LogP contribution is 2.33. The lowest BCUT2D eigenvalue weighted by atomic mass is 9.77. The van der Waals surface area contributed by atoms with Gasteiger partial charge in [-0.1, -0.05) is 69.0 Å². The third-order valence-corrected chi connectivity index (χ3v) is 9.48. The number of para-hydroxylation sites is 1. The van der Waals surface area contributed by atoms with Crippen molar-refractivity contribution in [3.05, 3.63) is 81.1 Å². The molecule has 0 radical (unpaired) electrons. The van der Waals surface area contributed by atoms with Crippen LogP contribution >= 0.6 is 11.6 Å². The molecule has 1 fully saturated rings. The maximum atomic E-state index is 14.5. The zero-order valence-electron chi connectivity index (χ0n) is 29.3. The fourth-order valence-corrected chi connectivity index (χ4v) is 7.09. The van der Waals surface area contributed by atoms with E-state index >= 15 is 0 Å². The highest BCUT2D eigenvalue weighted by molar-refractivity contribution is 6.30. The van der Waals surface area contributed by atoms with E-state index in [1.54, 1.807) is 23.1 Å². The Hall–Kier alpha value is -3.65. The van der Waals surface area contributed by atoms with Crippen molar-refractivity contribution in [2.75, 3.05) is 13.1 Å². The summed E-state index contributed by atoms with van der Waals surface area (Å²) in [4.78, 5) is 57.0. The second-order valence-corrected chi connectivity index (χ2v) is 14.7. The quantitative estimate of drug-likeness (QED) is 0.190. The molecule has 0 spiro atoms. The third-order valence-electron chi connectivity index (χ3n) is 9.22. The molecule has 1 aromatic heterocycles. The molecule has 3 aromatic rings. The summed E-state index contributed by atoms with van der Waals surface area (Å²) >= 11 is 6.17. The Kier molecular flexibility index (Phi) is 13.3. The van der Waals surface area contributed by atoms with Gasteiger partial charge in [-0.15, -0.1) is 0 Å². The second-order valence-electron chi connectivity index (χ2n) is 14.3. The number of amides is 3. The van der Waals surface area contributed by atoms with Gasteiger partial charge in [0, 0.05) is 54.0 Å². The van der Waals surface area contributed by atoms with Gasteiger partial charge in [-0.3, -0.25) is 19.2 Å². The minimum absolute atomic E-state index is 0.0505. The average Bonchev–Trinajstić information content (AvgIpc) is 3.05. The molecule has 3 amide bonds. The van der Waals surface area contributed by atoms with Crippen LogP contribution in [0.15, 0.2) is 59.4 Å². The number of aryl methyl sites for hydroxylation is 1. The number of pyridine rings is 1. The number of nitrogens with one attached hydrogen (secondary N) is 2. The van der Waals surface area contributed by atoms with Crippen molar-refractivity contribution in [3.63, 3.8) is 0 Å². The number of aromatic nitrogens is 1. The summed E-state index contributed by atoms with van der Waals surface area (Å²) in [6.45, 7) is 11.5. The molecule has 8 nitrogen and oxygen atoms in total. The van der Waals surface area contributed by atoms with Gasteiger partial charge in [0.25, 0.3) is 5.91 Å². The first-order valence-corrected chi connectivity index (χ1v) is 18.1. The van der Waals surface area contributed by atoms with Crippen LogP contribution in [0.1, 0.15) is 102 Å². The number of hydrogen-bond acceptors (Lipinski definition) is 4. The van der Waals surface area contributed by atoms with Crippen molar-refractivity contribution >= 4 is 40.2 Å². The first-order valence-electron chi connectivity index (χ1n) is 17.7. The number of hydrogen-bond donors (Lipinski definition) is 2. The molecule has 48 heavy (non-hydrogen) atoms. The van der Waals surface area contributed by atoms with Gasteiger partial charge >= 0.3 is 0 Å². The van der Waals surface area contributed by atoms with Crippen LogP contribution in [0.5, 0.6) is 0 Å². The monoisotopic (exact) mass is 676 g/mol. The van der Waals surface area contributed by atoms with Crippen molar-refractivity contribution in [3.8, 4) is 0 Å². The van der Waals surface area contributed by atoms with E-state index in [4.69, 9.17) is 11.6 Å². The van der Waals surface area contributed by atoms with Gasteiger partial charge < -0.3 is 20.1 Å². The highest BCUT2D eigenvalue weighted by Gasteiger charge is 2.33. The van der Waals surface area contributed by atoms with Gasteiger partial charge in [-0.25, -0.2) is 0 Å². The van der Waals surface area contributed by atoms with Crippen molar-refractivity contribution in [2.45, 2.75) is 111 Å². The van der Waals surface area contributed by atoms with E-state index < -0.39 is 11.9 Å². The minimum atomic E-state index is -0.890. The van der Waals surface area contributed by atoms with E-state index in [2.05, 4.69) is 10.6 Å². The number of halogens is 1. The minimum Gasteiger partial charge on any atom is -0.351 e. The van der Waals surface area contributed by atoms with E-state index in [0.717, 1.165) is 44.1 Å². The Bertz CT molecular complexity index is 1600. The van der Waals surface area contributed by atoms with Crippen molar-refractivity contribution in [2.24, 2.45) is 11.8 Å². The fourth-order valence-electron chi connectivity index (χ4n) is 6.97. The van der Waals surface area contributed by atoms with E-state index in [-0.39, 0.29) is 46.7 Å². The SMILES string of the molecule is CCCN(CCC(C(=O)NC(C)(C)C)C1CCCCC1)C(=O)[C@@H](Cc1ccc(Cl)cc1)NC(=O)c1cc(=O)c2ccccc2n1CCC. The molecule has 4 rings (SSSR count). The normalized spacial score (nSPS) is 15.1. The molecule has 2 aromatic carbocycles. The summed E-state index contributed by atoms with van der Waals surface area (Å²) < 4.78 is 1.86. The Morgan fingerprint density at radius 1 is 0.958 bits per heavy atom. The van der Waals surface area contributed by atoms with Gasteiger partial charge in [0.15, 0.2) is 5.43 Å². The van der Waals surface area contributed by atoms with Gasteiger partial charge in [0.2, 0.25) is 11.8 Å². The summed E-state index contributed by atoms with van der Waals surface area (Å²) in [6.07, 6.45) is 7.77. The van der Waals surface area contributed by atoms with Crippen LogP contribution in [-0.4, -0.2) is 51.9 Å². The summed E-state index contributed by atoms with van der Waals surface area (Å²) in [6, 6.07) is 15.0. The average molecular weight is 677 g/mol. The van der Waals surface area contributed by atoms with Gasteiger partial charge in [-0.2, -0.15) is 0 Å². The van der Waals surface area contributed by atoms with E-state index in [1.165, 1.54) is 12.5 Å². The van der Waals surface area contributed by atoms with Crippen molar-refractivity contribution in [1.82, 2.24) is 20.1 Å². The lowest BCUT2D eigenvalue weighted by Gasteiger charge is -2.34. The topological polar surface area (TPSA) is 101 Å². The molecular weight excluding hydrogens is 624 g/mol. The standard InChI is InChI=1S/C39H53ClN4O4/c1-6-22-43(24-21-30(28-13-9-8-10-14-28)36(46)42-39(3,4)5)38(48)32(25-27-17-19-29(40)20-18-27)41-37(47)34-26-35(45)31-15-11-12-16-33(31)44(34)23-7-2/h11-12,15-20,26,28,30,32H,6-10,13-14,21-25H2,1-5H3,(H,41,47)(H,42,46)/t30?,32-/m1/s1. The Morgan fingerprint density at radius 3 is 2.29 bits per heavy atom. The number of carbonyl (C=O) groups excluding carboxylic acids is 3. The van der Waals surface area contributed by atoms with E-state index in [9.17, 15) is 19.2 Å². The maximum absolute atomic E-state index is 14.5. The van der Waals surface area contributed by atoms with Gasteiger partial charge in [0.05, 0.1) is 5.52 Å². The van der Waals surface area contributed by atoms with Crippen LogP contribution in [0.2, 0.25) is 5.02 Å². The number of fused-ring (bicyclic) bond motifs is 1. The van der Waals surface area contributed by atoms with Crippen molar-refractivity contribution in [1.29, 1.82) is 0 Å². The Morgan fingerprint density at radius 2 is 1.65 bits per heavy atom. The lowest BCUT2D eigenvalue weighted by molar-refractivity contribution is -0.135. The first kappa shape index (κ1) is 37.2. The van der Waals surface area contributed by atoms with Crippen LogP contribution in [0, 0.1) is 11.8 Å². The number of nitrogens with zero attached hydrogens (tertiary/aromatic N) is 2. The maximum Gasteiger partial charge on any atom is 0.268 e. The number of rotatable bonds is 14. The molecule has 0 saturated heterocycles. The lowest BCUT2D eigenvalue weighted by Crippen LogP contribution is -2.51. The molecule has 0 bridgehead atoms. The fraction of sp³-hybridized carbons (Fsp3) is 0.538. The van der Waals surface area contributed by atoms with E-state index in [1.807, 2.05) is 69.5 Å². The summed E-state index contributed by atoms with van der Waals surface area (Å²) in [7, 11) is 0. The van der Waals surface area contributed by atoms with Gasteiger partial charge in [0.1, 0.15) is 11.7 Å². The zero-order valence-corrected chi connectivity index (χ0v) is 30.1. The summed E-state index contributed by atoms with van der Waals surface area (Å²) in [5.74, 6) is -0.535. The molecule has 2 atom stereocenters. The molecular formula is C39H53ClN4O4. The predicted molar refractivity (Wildman–Crippen MR) is 194 cm³/mol. The molecule has 1 unspecified atom stereocenters. The molecule has 1 saturated carbocycles. The molecule has 0 aliphatic heterocycles. The van der Waals surface area contributed by atoms with Crippen LogP contribution in [0.25, 0.3) is 10.9 Å². The van der Waals surface area contributed by atoms with Crippen LogP contribution in [0.4, 0.5) is 0 Å². The third kappa shape index (κ3) is 9.94. The molecule has 1 heterocycles. The van der Waals surface area contributed by atoms with Crippen LogP contribution < -0.4 is 16.1 Å². The first-order chi connectivity index (χ1) is 22.9. The smallest absolute Gasteiger partial charge is 0.268 e. The Labute approximate surface area is 290 Å². The predicted octanol–water partition coefficient (Wildman–Crippen LogP) is 7.15. The van der Waals surface area contributed by atoms with Crippen molar-refractivity contribution < 1.29 is 14.4 Å².